The van der Waals surface area contributed by atoms with Gasteiger partial charge in [0, 0.05) is 0 Å². The molecule has 0 aliphatic carbocycles. The van der Waals surface area contributed by atoms with Crippen LogP contribution in [0, 0.1) is 5.92 Å². The van der Waals surface area contributed by atoms with Crippen LogP contribution in [0.4, 0.5) is 0 Å². The van der Waals surface area contributed by atoms with Gasteiger partial charge in [0.1, 0.15) is 0 Å². The normalized spacial score (nSPS) is 14.8. The molecular weight excluding hydrogens is 144 g/mol. The van der Waals surface area contributed by atoms with Crippen molar-refractivity contribution < 1.29 is 0 Å². The van der Waals surface area contributed by atoms with E-state index in [9.17, 15) is 0 Å². The van der Waals surface area contributed by atoms with Crippen molar-refractivity contribution in [1.29, 1.82) is 0 Å². The van der Waals surface area contributed by atoms with Gasteiger partial charge in [0.05, 0.1) is 0 Å². The first-order valence-electron chi connectivity index (χ1n) is 5.39. The van der Waals surface area contributed by atoms with Crippen molar-refractivity contribution in [2.75, 3.05) is 0 Å². The van der Waals surface area contributed by atoms with Crippen LogP contribution >= 0.6 is 0 Å². The molecule has 0 aliphatic rings. The lowest BCUT2D eigenvalue weighted by Gasteiger charge is -2.14. The molecular formula is C12H24. The van der Waals surface area contributed by atoms with Crippen molar-refractivity contribution >= 4 is 0 Å². The average Bonchev–Trinajstić information content (AvgIpc) is 2.11. The third kappa shape index (κ3) is 4.58. The highest BCUT2D eigenvalue weighted by atomic mass is 14.1. The quantitative estimate of drug-likeness (QED) is 0.403. The molecule has 1 unspecified atom stereocenters. The van der Waals surface area contributed by atoms with Crippen LogP contribution in [-0.4, -0.2) is 0 Å². The molecule has 1 atom stereocenters. The van der Waals surface area contributed by atoms with Crippen molar-refractivity contribution in [3.05, 3.63) is 11.6 Å². The molecule has 0 saturated heterocycles. The number of unbranched alkanes of at least 4 members (excludes halogenated alkanes) is 2. The third-order valence-electron chi connectivity index (χ3n) is 2.75. The van der Waals surface area contributed by atoms with E-state index < -0.39 is 0 Å². The summed E-state index contributed by atoms with van der Waals surface area (Å²) in [5.41, 5.74) is 1.58. The Morgan fingerprint density at radius 2 is 1.92 bits per heavy atom. The summed E-state index contributed by atoms with van der Waals surface area (Å²) in [6.45, 7) is 8.98. The van der Waals surface area contributed by atoms with Crippen LogP contribution in [0.5, 0.6) is 0 Å². The van der Waals surface area contributed by atoms with E-state index in [1.54, 1.807) is 5.57 Å². The summed E-state index contributed by atoms with van der Waals surface area (Å²) >= 11 is 0. The fourth-order valence-corrected chi connectivity index (χ4v) is 1.63. The lowest BCUT2D eigenvalue weighted by molar-refractivity contribution is 0.503. The molecule has 0 fully saturated rings. The summed E-state index contributed by atoms with van der Waals surface area (Å²) < 4.78 is 0. The van der Waals surface area contributed by atoms with Crippen LogP contribution in [0.2, 0.25) is 0 Å². The summed E-state index contributed by atoms with van der Waals surface area (Å²) in [6.07, 6.45) is 9.10. The summed E-state index contributed by atoms with van der Waals surface area (Å²) in [5.74, 6) is 0.849. The van der Waals surface area contributed by atoms with Gasteiger partial charge < -0.3 is 0 Å². The first kappa shape index (κ1) is 11.7. The second-order valence-corrected chi connectivity index (χ2v) is 3.63. The Morgan fingerprint density at radius 3 is 2.33 bits per heavy atom. The minimum Gasteiger partial charge on any atom is -0.0885 e. The number of hydrogen-bond donors (Lipinski definition) is 0. The summed E-state index contributed by atoms with van der Waals surface area (Å²) in [7, 11) is 0. The Bertz CT molecular complexity index is 122. The van der Waals surface area contributed by atoms with Crippen LogP contribution in [0.3, 0.4) is 0 Å². The van der Waals surface area contributed by atoms with Gasteiger partial charge in [-0.2, -0.15) is 0 Å². The fraction of sp³-hybridized carbons (Fsp3) is 0.833. The summed E-state index contributed by atoms with van der Waals surface area (Å²) in [5, 5.41) is 0. The highest BCUT2D eigenvalue weighted by molar-refractivity contribution is 5.01. The third-order valence-corrected chi connectivity index (χ3v) is 2.75. The molecule has 72 valence electrons. The van der Waals surface area contributed by atoms with E-state index in [0.717, 1.165) is 5.92 Å². The maximum absolute atomic E-state index is 2.30. The Morgan fingerprint density at radius 1 is 1.25 bits per heavy atom. The Balaban J connectivity index is 3.68. The Kier molecular flexibility index (Phi) is 7.23. The molecule has 0 aliphatic heterocycles. The molecule has 0 amide bonds. The Labute approximate surface area is 78.1 Å². The topological polar surface area (TPSA) is 0 Å². The molecule has 0 aromatic rings. The average molecular weight is 168 g/mol. The van der Waals surface area contributed by atoms with E-state index in [1.165, 1.54) is 32.1 Å². The van der Waals surface area contributed by atoms with E-state index in [-0.39, 0.29) is 0 Å². The summed E-state index contributed by atoms with van der Waals surface area (Å²) in [4.78, 5) is 0. The molecule has 0 N–H and O–H groups in total. The van der Waals surface area contributed by atoms with Gasteiger partial charge in [-0.05, 0) is 32.6 Å². The molecule has 0 aromatic carbocycles. The fourth-order valence-electron chi connectivity index (χ4n) is 1.63. The zero-order chi connectivity index (χ0) is 9.40. The van der Waals surface area contributed by atoms with Crippen molar-refractivity contribution in [1.82, 2.24) is 0 Å². The van der Waals surface area contributed by atoms with Crippen LogP contribution in [-0.2, 0) is 0 Å². The molecule has 0 aromatic heterocycles. The van der Waals surface area contributed by atoms with Gasteiger partial charge in [-0.1, -0.05) is 44.8 Å². The van der Waals surface area contributed by atoms with Gasteiger partial charge in [0.15, 0.2) is 0 Å². The molecule has 0 nitrogen and oxygen atoms in total. The first-order valence-corrected chi connectivity index (χ1v) is 5.39. The maximum Gasteiger partial charge on any atom is -0.0209 e. The second kappa shape index (κ2) is 7.39. The standard InChI is InChI=1S/C12H24/c1-5-8-9-10-12(7-3)11(4)6-2/h6,12H,5,7-10H2,1-4H3. The van der Waals surface area contributed by atoms with Crippen molar-refractivity contribution in [2.24, 2.45) is 5.92 Å². The number of allylic oxidation sites excluding steroid dienone is 2. The molecule has 0 heterocycles. The van der Waals surface area contributed by atoms with Crippen molar-refractivity contribution in [3.8, 4) is 0 Å². The lowest BCUT2D eigenvalue weighted by Crippen LogP contribution is -2.00. The van der Waals surface area contributed by atoms with Crippen LogP contribution < -0.4 is 0 Å². The minimum atomic E-state index is 0.849. The predicted octanol–water partition coefficient (Wildman–Crippen LogP) is 4.56. The van der Waals surface area contributed by atoms with Crippen LogP contribution in [0.1, 0.15) is 59.8 Å². The van der Waals surface area contributed by atoms with Gasteiger partial charge in [0.25, 0.3) is 0 Å². The smallest absolute Gasteiger partial charge is 0.0209 e. The molecule has 12 heavy (non-hydrogen) atoms. The van der Waals surface area contributed by atoms with E-state index in [1.807, 2.05) is 0 Å². The van der Waals surface area contributed by atoms with E-state index in [2.05, 4.69) is 33.8 Å². The van der Waals surface area contributed by atoms with Gasteiger partial charge in [-0.3, -0.25) is 0 Å². The molecule has 0 saturated carbocycles. The van der Waals surface area contributed by atoms with E-state index in [4.69, 9.17) is 0 Å². The Hall–Kier alpha value is -0.260. The summed E-state index contributed by atoms with van der Waals surface area (Å²) in [6, 6.07) is 0. The highest BCUT2D eigenvalue weighted by Gasteiger charge is 2.06. The largest absolute Gasteiger partial charge is 0.0885 e. The van der Waals surface area contributed by atoms with Gasteiger partial charge in [-0.15, -0.1) is 0 Å². The van der Waals surface area contributed by atoms with Crippen LogP contribution in [0.15, 0.2) is 11.6 Å². The zero-order valence-electron chi connectivity index (χ0n) is 9.19. The first-order chi connectivity index (χ1) is 5.76. The molecule has 0 radical (unpaired) electrons. The monoisotopic (exact) mass is 168 g/mol. The number of rotatable bonds is 6. The van der Waals surface area contributed by atoms with Gasteiger partial charge in [-0.25, -0.2) is 0 Å². The zero-order valence-corrected chi connectivity index (χ0v) is 9.19. The molecule has 0 bridgehead atoms. The maximum atomic E-state index is 2.30. The highest BCUT2D eigenvalue weighted by Crippen LogP contribution is 2.21. The lowest BCUT2D eigenvalue weighted by atomic mass is 9.92. The van der Waals surface area contributed by atoms with E-state index in [0.29, 0.717) is 0 Å². The van der Waals surface area contributed by atoms with E-state index >= 15 is 0 Å². The predicted molar refractivity (Wildman–Crippen MR) is 57.4 cm³/mol. The van der Waals surface area contributed by atoms with Gasteiger partial charge in [0.2, 0.25) is 0 Å². The second-order valence-electron chi connectivity index (χ2n) is 3.63. The van der Waals surface area contributed by atoms with Crippen LogP contribution in [0.25, 0.3) is 0 Å². The number of hydrogen-bond acceptors (Lipinski definition) is 0. The van der Waals surface area contributed by atoms with Crippen molar-refractivity contribution in [2.45, 2.75) is 59.8 Å². The minimum absolute atomic E-state index is 0.849. The SMILES string of the molecule is CC=C(C)C(CC)CCCCC. The molecule has 0 spiro atoms. The van der Waals surface area contributed by atoms with Gasteiger partial charge >= 0.3 is 0 Å². The molecule has 0 rings (SSSR count). The molecule has 0 heteroatoms. The van der Waals surface area contributed by atoms with Crippen molar-refractivity contribution in [3.63, 3.8) is 0 Å².